The summed E-state index contributed by atoms with van der Waals surface area (Å²) in [5, 5.41) is 2.80. The number of amides is 3. The number of anilines is 1. The van der Waals surface area contributed by atoms with E-state index in [0.29, 0.717) is 25.4 Å². The SMILES string of the molecule is NCc1cccc(N2C(=O)NC3COCC3C2=O)c1. The van der Waals surface area contributed by atoms with Crippen LogP contribution in [0.25, 0.3) is 0 Å². The Bertz CT molecular complexity index is 532. The largest absolute Gasteiger partial charge is 0.378 e. The summed E-state index contributed by atoms with van der Waals surface area (Å²) >= 11 is 0. The molecule has 0 bridgehead atoms. The Hall–Kier alpha value is -1.92. The van der Waals surface area contributed by atoms with Crippen LogP contribution in [-0.4, -0.2) is 31.2 Å². The van der Waals surface area contributed by atoms with Crippen LogP contribution in [0.1, 0.15) is 5.56 Å². The minimum atomic E-state index is -0.397. The first-order valence-corrected chi connectivity index (χ1v) is 6.22. The molecule has 3 amide bonds. The van der Waals surface area contributed by atoms with Crippen molar-refractivity contribution in [3.8, 4) is 0 Å². The summed E-state index contributed by atoms with van der Waals surface area (Å²) < 4.78 is 5.26. The zero-order chi connectivity index (χ0) is 13.4. The average molecular weight is 261 g/mol. The molecule has 2 heterocycles. The molecule has 0 saturated carbocycles. The number of hydrogen-bond donors (Lipinski definition) is 2. The molecule has 6 heteroatoms. The minimum absolute atomic E-state index is 0.200. The lowest BCUT2D eigenvalue weighted by Crippen LogP contribution is -2.60. The molecular formula is C13H15N3O3. The van der Waals surface area contributed by atoms with Crippen molar-refractivity contribution in [3.05, 3.63) is 29.8 Å². The van der Waals surface area contributed by atoms with Crippen molar-refractivity contribution in [3.63, 3.8) is 0 Å². The van der Waals surface area contributed by atoms with Crippen molar-refractivity contribution in [1.29, 1.82) is 0 Å². The number of benzene rings is 1. The van der Waals surface area contributed by atoms with Crippen molar-refractivity contribution in [1.82, 2.24) is 5.32 Å². The number of carbonyl (C=O) groups is 2. The minimum Gasteiger partial charge on any atom is -0.378 e. The summed E-state index contributed by atoms with van der Waals surface area (Å²) in [6.07, 6.45) is 0. The van der Waals surface area contributed by atoms with Crippen molar-refractivity contribution < 1.29 is 14.3 Å². The van der Waals surface area contributed by atoms with E-state index in [2.05, 4.69) is 5.32 Å². The van der Waals surface area contributed by atoms with Gasteiger partial charge in [0.2, 0.25) is 5.91 Å². The van der Waals surface area contributed by atoms with Gasteiger partial charge < -0.3 is 15.8 Å². The fourth-order valence-electron chi connectivity index (χ4n) is 2.50. The summed E-state index contributed by atoms with van der Waals surface area (Å²) in [5.74, 6) is -0.500. The van der Waals surface area contributed by atoms with E-state index in [4.69, 9.17) is 10.5 Å². The first-order chi connectivity index (χ1) is 9.20. The van der Waals surface area contributed by atoms with Gasteiger partial charge in [0, 0.05) is 6.54 Å². The Labute approximate surface area is 110 Å². The first kappa shape index (κ1) is 12.1. The number of hydrogen-bond acceptors (Lipinski definition) is 4. The van der Waals surface area contributed by atoms with Gasteiger partial charge in [0.25, 0.3) is 0 Å². The molecule has 0 spiro atoms. The van der Waals surface area contributed by atoms with Crippen LogP contribution in [0, 0.1) is 5.92 Å². The Morgan fingerprint density at radius 3 is 3.00 bits per heavy atom. The van der Waals surface area contributed by atoms with Crippen LogP contribution in [0.15, 0.2) is 24.3 Å². The van der Waals surface area contributed by atoms with E-state index in [9.17, 15) is 9.59 Å². The van der Waals surface area contributed by atoms with Gasteiger partial charge in [-0.15, -0.1) is 0 Å². The highest BCUT2D eigenvalue weighted by atomic mass is 16.5. The highest BCUT2D eigenvalue weighted by Gasteiger charge is 2.44. The molecule has 0 radical (unpaired) electrons. The van der Waals surface area contributed by atoms with Gasteiger partial charge in [-0.05, 0) is 17.7 Å². The van der Waals surface area contributed by atoms with E-state index in [1.165, 1.54) is 4.90 Å². The molecule has 3 rings (SSSR count). The lowest BCUT2D eigenvalue weighted by atomic mass is 9.99. The second kappa shape index (κ2) is 4.64. The molecule has 6 nitrogen and oxygen atoms in total. The van der Waals surface area contributed by atoms with Crippen molar-refractivity contribution >= 4 is 17.6 Å². The summed E-state index contributed by atoms with van der Waals surface area (Å²) in [6.45, 7) is 1.13. The molecule has 0 aromatic heterocycles. The maximum atomic E-state index is 12.4. The molecule has 1 aromatic rings. The summed E-state index contributed by atoms with van der Waals surface area (Å²) in [4.78, 5) is 25.6. The molecule has 2 aliphatic heterocycles. The van der Waals surface area contributed by atoms with Gasteiger partial charge in [-0.3, -0.25) is 4.79 Å². The Balaban J connectivity index is 1.94. The predicted octanol–water partition coefficient (Wildman–Crippen LogP) is 0.216. The summed E-state index contributed by atoms with van der Waals surface area (Å²) in [5.41, 5.74) is 7.01. The van der Waals surface area contributed by atoms with Crippen LogP contribution in [0.5, 0.6) is 0 Å². The van der Waals surface area contributed by atoms with Gasteiger partial charge in [-0.25, -0.2) is 9.69 Å². The molecule has 2 saturated heterocycles. The van der Waals surface area contributed by atoms with Crippen LogP contribution in [0.2, 0.25) is 0 Å². The molecule has 19 heavy (non-hydrogen) atoms. The van der Waals surface area contributed by atoms with Gasteiger partial charge in [0.15, 0.2) is 0 Å². The van der Waals surface area contributed by atoms with E-state index in [1.807, 2.05) is 6.07 Å². The van der Waals surface area contributed by atoms with Gasteiger partial charge in [-0.1, -0.05) is 12.1 Å². The standard InChI is InChI=1S/C13H15N3O3/c14-5-8-2-1-3-9(4-8)16-12(17)10-6-19-7-11(10)15-13(16)18/h1-4,10-11H,5-7,14H2,(H,15,18). The number of rotatable bonds is 2. The third kappa shape index (κ3) is 1.98. The fraction of sp³-hybridized carbons (Fsp3) is 0.385. The van der Waals surface area contributed by atoms with E-state index in [-0.39, 0.29) is 17.9 Å². The molecule has 2 unspecified atom stereocenters. The number of nitrogens with zero attached hydrogens (tertiary/aromatic N) is 1. The number of nitrogens with one attached hydrogen (secondary N) is 1. The molecule has 2 fully saturated rings. The topological polar surface area (TPSA) is 84.7 Å². The zero-order valence-electron chi connectivity index (χ0n) is 10.3. The maximum absolute atomic E-state index is 12.4. The number of imide groups is 1. The highest BCUT2D eigenvalue weighted by Crippen LogP contribution is 2.26. The monoisotopic (exact) mass is 261 g/mol. The third-order valence-corrected chi connectivity index (χ3v) is 3.53. The first-order valence-electron chi connectivity index (χ1n) is 6.22. The molecule has 3 N–H and O–H groups in total. The third-order valence-electron chi connectivity index (χ3n) is 3.53. The van der Waals surface area contributed by atoms with Crippen LogP contribution in [-0.2, 0) is 16.1 Å². The van der Waals surface area contributed by atoms with E-state index in [1.54, 1.807) is 18.2 Å². The molecular weight excluding hydrogens is 246 g/mol. The normalized spacial score (nSPS) is 26.3. The van der Waals surface area contributed by atoms with Crippen molar-refractivity contribution in [2.45, 2.75) is 12.6 Å². The van der Waals surface area contributed by atoms with Crippen LogP contribution in [0.4, 0.5) is 10.5 Å². The Morgan fingerprint density at radius 1 is 1.37 bits per heavy atom. The van der Waals surface area contributed by atoms with Gasteiger partial charge in [-0.2, -0.15) is 0 Å². The number of carbonyl (C=O) groups excluding carboxylic acids is 2. The number of urea groups is 1. The molecule has 0 aliphatic carbocycles. The van der Waals surface area contributed by atoms with E-state index in [0.717, 1.165) is 5.56 Å². The molecule has 2 atom stereocenters. The summed E-state index contributed by atoms with van der Waals surface area (Å²) in [7, 11) is 0. The van der Waals surface area contributed by atoms with Crippen LogP contribution < -0.4 is 16.0 Å². The molecule has 2 aliphatic rings. The second-order valence-corrected chi connectivity index (χ2v) is 4.75. The quantitative estimate of drug-likeness (QED) is 0.797. The smallest absolute Gasteiger partial charge is 0.329 e. The van der Waals surface area contributed by atoms with Crippen molar-refractivity contribution in [2.24, 2.45) is 11.7 Å². The second-order valence-electron chi connectivity index (χ2n) is 4.75. The Morgan fingerprint density at radius 2 is 2.21 bits per heavy atom. The molecule has 1 aromatic carbocycles. The van der Waals surface area contributed by atoms with Gasteiger partial charge in [0.05, 0.1) is 30.9 Å². The lowest BCUT2D eigenvalue weighted by Gasteiger charge is -2.32. The highest BCUT2D eigenvalue weighted by molar-refractivity contribution is 6.17. The van der Waals surface area contributed by atoms with Gasteiger partial charge >= 0.3 is 6.03 Å². The lowest BCUT2D eigenvalue weighted by molar-refractivity contribution is -0.122. The number of nitrogens with two attached hydrogens (primary N) is 1. The Kier molecular flexibility index (Phi) is 2.96. The van der Waals surface area contributed by atoms with E-state index < -0.39 is 6.03 Å². The van der Waals surface area contributed by atoms with Crippen molar-refractivity contribution in [2.75, 3.05) is 18.1 Å². The number of fused-ring (bicyclic) bond motifs is 1. The summed E-state index contributed by atoms with van der Waals surface area (Å²) in [6, 6.07) is 6.53. The zero-order valence-corrected chi connectivity index (χ0v) is 10.3. The van der Waals surface area contributed by atoms with Crippen LogP contribution in [0.3, 0.4) is 0 Å². The number of ether oxygens (including phenoxy) is 1. The van der Waals surface area contributed by atoms with Gasteiger partial charge in [0.1, 0.15) is 0 Å². The average Bonchev–Trinajstić information content (AvgIpc) is 2.87. The van der Waals surface area contributed by atoms with E-state index >= 15 is 0 Å². The van der Waals surface area contributed by atoms with Crippen LogP contribution >= 0.6 is 0 Å². The molecule has 100 valence electrons. The fourth-order valence-corrected chi connectivity index (χ4v) is 2.50. The maximum Gasteiger partial charge on any atom is 0.329 e. The predicted molar refractivity (Wildman–Crippen MR) is 68.4 cm³/mol.